The molecular formula is C10H11Br2ClO4S. The Kier molecular flexibility index (Phi) is 6.40. The Balaban J connectivity index is 2.88. The van der Waals surface area contributed by atoms with Crippen LogP contribution < -0.4 is 4.74 Å². The number of benzene rings is 1. The molecule has 8 heteroatoms. The molecule has 0 unspecified atom stereocenters. The van der Waals surface area contributed by atoms with Gasteiger partial charge in [-0.05, 0) is 50.9 Å². The zero-order chi connectivity index (χ0) is 13.8. The number of halogens is 3. The lowest BCUT2D eigenvalue weighted by Gasteiger charge is -2.11. The molecule has 18 heavy (non-hydrogen) atoms. The van der Waals surface area contributed by atoms with E-state index in [-0.39, 0.29) is 4.90 Å². The van der Waals surface area contributed by atoms with Gasteiger partial charge in [0.05, 0.1) is 20.4 Å². The highest BCUT2D eigenvalue weighted by Crippen LogP contribution is 2.36. The Morgan fingerprint density at radius 2 is 1.78 bits per heavy atom. The van der Waals surface area contributed by atoms with Crippen molar-refractivity contribution in [1.82, 2.24) is 0 Å². The van der Waals surface area contributed by atoms with Gasteiger partial charge < -0.3 is 9.47 Å². The van der Waals surface area contributed by atoms with Crippen LogP contribution in [-0.4, -0.2) is 28.2 Å². The summed E-state index contributed by atoms with van der Waals surface area (Å²) in [6.45, 7) is 3.35. The van der Waals surface area contributed by atoms with E-state index in [0.717, 1.165) is 0 Å². The zero-order valence-corrected chi connectivity index (χ0v) is 14.2. The van der Waals surface area contributed by atoms with E-state index in [2.05, 4.69) is 31.9 Å². The number of rotatable bonds is 6. The van der Waals surface area contributed by atoms with E-state index in [1.54, 1.807) is 0 Å². The monoisotopic (exact) mass is 420 g/mol. The van der Waals surface area contributed by atoms with Crippen LogP contribution in [0.2, 0.25) is 0 Å². The third-order valence-electron chi connectivity index (χ3n) is 1.93. The predicted octanol–water partition coefficient (Wildman–Crippen LogP) is 3.55. The van der Waals surface area contributed by atoms with Crippen molar-refractivity contribution >= 4 is 51.6 Å². The minimum absolute atomic E-state index is 0.0000693. The van der Waals surface area contributed by atoms with E-state index >= 15 is 0 Å². The summed E-state index contributed by atoms with van der Waals surface area (Å²) in [6, 6.07) is 2.78. The molecule has 102 valence electrons. The molecule has 1 aromatic carbocycles. The van der Waals surface area contributed by atoms with Gasteiger partial charge in [0.2, 0.25) is 0 Å². The Morgan fingerprint density at radius 1 is 1.22 bits per heavy atom. The Morgan fingerprint density at radius 3 is 2.22 bits per heavy atom. The van der Waals surface area contributed by atoms with Gasteiger partial charge in [0.15, 0.2) is 0 Å². The van der Waals surface area contributed by atoms with Gasteiger partial charge in [0, 0.05) is 17.3 Å². The fourth-order valence-electron chi connectivity index (χ4n) is 1.16. The summed E-state index contributed by atoms with van der Waals surface area (Å²) < 4.78 is 34.1. The fourth-order valence-corrected chi connectivity index (χ4v) is 3.67. The average molecular weight is 423 g/mol. The minimum atomic E-state index is -3.76. The van der Waals surface area contributed by atoms with Gasteiger partial charge in [-0.2, -0.15) is 0 Å². The smallest absolute Gasteiger partial charge is 0.261 e. The molecule has 0 aliphatic heterocycles. The van der Waals surface area contributed by atoms with Crippen LogP contribution >= 0.6 is 42.5 Å². The van der Waals surface area contributed by atoms with Crippen molar-refractivity contribution in [2.24, 2.45) is 0 Å². The average Bonchev–Trinajstić information content (AvgIpc) is 2.25. The van der Waals surface area contributed by atoms with Crippen molar-refractivity contribution in [2.45, 2.75) is 11.8 Å². The molecule has 0 saturated carbocycles. The molecule has 0 aliphatic carbocycles. The van der Waals surface area contributed by atoms with E-state index < -0.39 is 9.05 Å². The molecule has 0 spiro atoms. The van der Waals surface area contributed by atoms with Crippen LogP contribution in [0, 0.1) is 0 Å². The molecule has 0 atom stereocenters. The van der Waals surface area contributed by atoms with Crippen LogP contribution in [0.1, 0.15) is 6.92 Å². The molecule has 1 rings (SSSR count). The van der Waals surface area contributed by atoms with Gasteiger partial charge in [0.25, 0.3) is 9.05 Å². The van der Waals surface area contributed by atoms with Crippen molar-refractivity contribution in [3.05, 3.63) is 21.1 Å². The SMILES string of the molecule is CCOCCOc1c(Br)cc(S(=O)(=O)Cl)cc1Br. The van der Waals surface area contributed by atoms with E-state index in [1.165, 1.54) is 12.1 Å². The summed E-state index contributed by atoms with van der Waals surface area (Å²) in [5.74, 6) is 0.513. The maximum Gasteiger partial charge on any atom is 0.261 e. The molecule has 0 radical (unpaired) electrons. The summed E-state index contributed by atoms with van der Waals surface area (Å²) in [6.07, 6.45) is 0. The van der Waals surface area contributed by atoms with E-state index in [0.29, 0.717) is 34.5 Å². The Hall–Kier alpha value is 0.180. The second kappa shape index (κ2) is 7.09. The fraction of sp³-hybridized carbons (Fsp3) is 0.400. The highest BCUT2D eigenvalue weighted by molar-refractivity contribution is 9.11. The second-order valence-corrected chi connectivity index (χ2v) is 7.47. The quantitative estimate of drug-likeness (QED) is 0.520. The summed E-state index contributed by atoms with van der Waals surface area (Å²) >= 11 is 6.48. The minimum Gasteiger partial charge on any atom is -0.489 e. The third kappa shape index (κ3) is 4.70. The van der Waals surface area contributed by atoms with E-state index in [4.69, 9.17) is 20.2 Å². The lowest BCUT2D eigenvalue weighted by molar-refractivity contribution is 0.109. The van der Waals surface area contributed by atoms with Crippen LogP contribution in [0.3, 0.4) is 0 Å². The van der Waals surface area contributed by atoms with Crippen molar-refractivity contribution in [3.63, 3.8) is 0 Å². The first-order chi connectivity index (χ1) is 8.36. The number of hydrogen-bond donors (Lipinski definition) is 0. The van der Waals surface area contributed by atoms with Crippen LogP contribution in [0.25, 0.3) is 0 Å². The van der Waals surface area contributed by atoms with Crippen molar-refractivity contribution in [3.8, 4) is 5.75 Å². The lowest BCUT2D eigenvalue weighted by Crippen LogP contribution is -2.07. The number of ether oxygens (including phenoxy) is 2. The summed E-state index contributed by atoms with van der Waals surface area (Å²) in [7, 11) is 1.51. The van der Waals surface area contributed by atoms with Gasteiger partial charge in [-0.15, -0.1) is 0 Å². The van der Waals surface area contributed by atoms with Gasteiger partial charge in [0.1, 0.15) is 12.4 Å². The van der Waals surface area contributed by atoms with Crippen LogP contribution in [0.5, 0.6) is 5.75 Å². The Labute approximate surface area is 127 Å². The maximum absolute atomic E-state index is 11.2. The molecule has 0 N–H and O–H groups in total. The molecule has 0 aromatic heterocycles. The number of hydrogen-bond acceptors (Lipinski definition) is 4. The van der Waals surface area contributed by atoms with Crippen molar-refractivity contribution in [2.75, 3.05) is 19.8 Å². The van der Waals surface area contributed by atoms with Gasteiger partial charge in [-0.3, -0.25) is 0 Å². The molecule has 0 bridgehead atoms. The van der Waals surface area contributed by atoms with E-state index in [9.17, 15) is 8.42 Å². The zero-order valence-electron chi connectivity index (χ0n) is 9.45. The molecule has 0 fully saturated rings. The van der Waals surface area contributed by atoms with Gasteiger partial charge in [-0.25, -0.2) is 8.42 Å². The normalized spacial score (nSPS) is 11.6. The molecule has 0 aliphatic rings. The van der Waals surface area contributed by atoms with Crippen molar-refractivity contribution in [1.29, 1.82) is 0 Å². The summed E-state index contributed by atoms with van der Waals surface area (Å²) in [5.41, 5.74) is 0. The molecule has 1 aromatic rings. The molecule has 0 heterocycles. The molecule has 0 amide bonds. The maximum atomic E-state index is 11.2. The third-order valence-corrected chi connectivity index (χ3v) is 4.44. The molecule has 4 nitrogen and oxygen atoms in total. The first kappa shape index (κ1) is 16.2. The van der Waals surface area contributed by atoms with Gasteiger partial charge >= 0.3 is 0 Å². The lowest BCUT2D eigenvalue weighted by atomic mass is 10.3. The highest BCUT2D eigenvalue weighted by Gasteiger charge is 2.16. The Bertz CT molecular complexity index is 496. The highest BCUT2D eigenvalue weighted by atomic mass is 79.9. The standard InChI is InChI=1S/C10H11Br2ClO4S/c1-2-16-3-4-17-10-8(11)5-7(6-9(10)12)18(13,14)15/h5-6H,2-4H2,1H3. The van der Waals surface area contributed by atoms with Gasteiger partial charge in [-0.1, -0.05) is 0 Å². The predicted molar refractivity (Wildman–Crippen MR) is 76.9 cm³/mol. The largest absolute Gasteiger partial charge is 0.489 e. The first-order valence-corrected chi connectivity index (χ1v) is 8.90. The van der Waals surface area contributed by atoms with E-state index in [1.807, 2.05) is 6.92 Å². The van der Waals surface area contributed by atoms with Crippen LogP contribution in [-0.2, 0) is 13.8 Å². The van der Waals surface area contributed by atoms with Crippen LogP contribution in [0.4, 0.5) is 0 Å². The molecule has 0 saturated heterocycles. The van der Waals surface area contributed by atoms with Crippen LogP contribution in [0.15, 0.2) is 26.0 Å². The second-order valence-electron chi connectivity index (χ2n) is 3.20. The topological polar surface area (TPSA) is 52.6 Å². The summed E-state index contributed by atoms with van der Waals surface area (Å²) in [5, 5.41) is 0. The van der Waals surface area contributed by atoms with Crippen molar-refractivity contribution < 1.29 is 17.9 Å². The first-order valence-electron chi connectivity index (χ1n) is 5.00. The molecular weight excluding hydrogens is 411 g/mol. The summed E-state index contributed by atoms with van der Waals surface area (Å²) in [4.78, 5) is 0.0000693.